The van der Waals surface area contributed by atoms with E-state index in [1.54, 1.807) is 13.3 Å². The van der Waals surface area contributed by atoms with E-state index < -0.39 is 0 Å². The third kappa shape index (κ3) is 4.09. The van der Waals surface area contributed by atoms with E-state index in [1.165, 1.54) is 24.8 Å². The molecule has 0 aliphatic carbocycles. The minimum Gasteiger partial charge on any atom is -0.496 e. The van der Waals surface area contributed by atoms with E-state index >= 15 is 0 Å². The van der Waals surface area contributed by atoms with Crippen LogP contribution in [0, 0.1) is 0 Å². The quantitative estimate of drug-likeness (QED) is 0.884. The highest BCUT2D eigenvalue weighted by Gasteiger charge is 2.13. The molecule has 3 rings (SSSR count). The van der Waals surface area contributed by atoms with E-state index in [2.05, 4.69) is 31.5 Å². The van der Waals surface area contributed by atoms with Crippen molar-refractivity contribution in [2.75, 3.05) is 37.0 Å². The van der Waals surface area contributed by atoms with Crippen LogP contribution in [0.4, 0.5) is 11.8 Å². The van der Waals surface area contributed by atoms with Gasteiger partial charge >= 0.3 is 0 Å². The van der Waals surface area contributed by atoms with Crippen LogP contribution in [0.1, 0.15) is 24.8 Å². The number of benzene rings is 1. The van der Waals surface area contributed by atoms with Crippen LogP contribution >= 0.6 is 0 Å². The highest BCUT2D eigenvalue weighted by atomic mass is 16.5. The summed E-state index contributed by atoms with van der Waals surface area (Å²) in [6.07, 6.45) is 6.35. The van der Waals surface area contributed by atoms with Crippen LogP contribution in [0.3, 0.4) is 0 Å². The maximum Gasteiger partial charge on any atom is 0.244 e. The number of ether oxygens (including phenoxy) is 1. The summed E-state index contributed by atoms with van der Waals surface area (Å²) in [6.45, 7) is 2.85. The average Bonchev–Trinajstić information content (AvgIpc) is 2.63. The topological polar surface area (TPSA) is 63.2 Å². The van der Waals surface area contributed by atoms with Gasteiger partial charge in [0.25, 0.3) is 0 Å². The summed E-state index contributed by atoms with van der Waals surface area (Å²) in [5.41, 5.74) is 1.17. The zero-order valence-corrected chi connectivity index (χ0v) is 13.5. The highest BCUT2D eigenvalue weighted by Crippen LogP contribution is 2.19. The molecule has 0 radical (unpaired) electrons. The Morgan fingerprint density at radius 2 is 2.00 bits per heavy atom. The molecule has 0 spiro atoms. The summed E-state index contributed by atoms with van der Waals surface area (Å²) in [5.74, 6) is 2.41. The van der Waals surface area contributed by atoms with Crippen LogP contribution in [-0.4, -0.2) is 41.9 Å². The van der Waals surface area contributed by atoms with E-state index in [-0.39, 0.29) is 0 Å². The van der Waals surface area contributed by atoms with Gasteiger partial charge < -0.3 is 15.0 Å². The lowest BCUT2D eigenvalue weighted by atomic mass is 10.1. The van der Waals surface area contributed by atoms with Gasteiger partial charge in [-0.05, 0) is 37.3 Å². The van der Waals surface area contributed by atoms with Crippen molar-refractivity contribution < 1.29 is 4.74 Å². The first kappa shape index (κ1) is 15.5. The second-order valence-electron chi connectivity index (χ2n) is 5.67. The Morgan fingerprint density at radius 1 is 1.17 bits per heavy atom. The van der Waals surface area contributed by atoms with Crippen LogP contribution < -0.4 is 15.0 Å². The third-order valence-electron chi connectivity index (χ3n) is 4.10. The first-order chi connectivity index (χ1) is 11.4. The fraction of sp³-hybridized carbons (Fsp3) is 0.471. The van der Waals surface area contributed by atoms with Crippen molar-refractivity contribution in [3.63, 3.8) is 0 Å². The summed E-state index contributed by atoms with van der Waals surface area (Å²) < 4.78 is 5.37. The average molecular weight is 313 g/mol. The smallest absolute Gasteiger partial charge is 0.244 e. The van der Waals surface area contributed by atoms with Gasteiger partial charge in [0.2, 0.25) is 5.95 Å². The van der Waals surface area contributed by atoms with Gasteiger partial charge in [-0.25, -0.2) is 0 Å². The number of nitrogens with zero attached hydrogens (tertiary/aromatic N) is 4. The third-order valence-corrected chi connectivity index (χ3v) is 4.10. The van der Waals surface area contributed by atoms with E-state index in [4.69, 9.17) is 4.74 Å². The molecule has 0 unspecified atom stereocenters. The van der Waals surface area contributed by atoms with Crippen LogP contribution in [0.2, 0.25) is 0 Å². The Bertz CT molecular complexity index is 628. The number of aromatic nitrogens is 3. The molecule has 0 amide bonds. The Kier molecular flexibility index (Phi) is 5.24. The molecule has 1 saturated heterocycles. The van der Waals surface area contributed by atoms with Gasteiger partial charge in [-0.2, -0.15) is 10.1 Å². The number of nitrogens with one attached hydrogen (secondary N) is 1. The van der Waals surface area contributed by atoms with E-state index in [0.717, 1.165) is 37.6 Å². The first-order valence-corrected chi connectivity index (χ1v) is 8.17. The van der Waals surface area contributed by atoms with Gasteiger partial charge in [0.05, 0.1) is 13.3 Å². The van der Waals surface area contributed by atoms with Gasteiger partial charge in [-0.3, -0.25) is 0 Å². The lowest BCUT2D eigenvalue weighted by molar-refractivity contribution is 0.410. The van der Waals surface area contributed by atoms with Crippen LogP contribution in [-0.2, 0) is 6.42 Å². The molecule has 0 bridgehead atoms. The molecule has 23 heavy (non-hydrogen) atoms. The normalized spacial score (nSPS) is 14.6. The largest absolute Gasteiger partial charge is 0.496 e. The first-order valence-electron chi connectivity index (χ1n) is 8.17. The molecule has 1 aromatic heterocycles. The Balaban J connectivity index is 1.58. The number of piperidine rings is 1. The molecule has 2 aromatic rings. The number of hydrogen-bond acceptors (Lipinski definition) is 6. The summed E-state index contributed by atoms with van der Waals surface area (Å²) >= 11 is 0. The summed E-state index contributed by atoms with van der Waals surface area (Å²) in [5, 5.41) is 11.4. The fourth-order valence-corrected chi connectivity index (χ4v) is 2.86. The zero-order chi connectivity index (χ0) is 15.9. The Labute approximate surface area is 136 Å². The van der Waals surface area contributed by atoms with Crippen LogP contribution in [0.15, 0.2) is 30.5 Å². The molecule has 2 heterocycles. The molecule has 1 aliphatic heterocycles. The molecule has 1 aliphatic rings. The second-order valence-corrected chi connectivity index (χ2v) is 5.67. The van der Waals surface area contributed by atoms with E-state index in [0.29, 0.717) is 5.95 Å². The molecule has 6 nitrogen and oxygen atoms in total. The molecule has 1 fully saturated rings. The minimum absolute atomic E-state index is 0.586. The highest BCUT2D eigenvalue weighted by molar-refractivity contribution is 5.41. The number of para-hydroxylation sites is 1. The standard InChI is InChI=1S/C17H23N5O/c1-23-15-8-4-3-7-14(15)9-10-18-17-20-16(13-19-21-17)22-11-5-2-6-12-22/h3-4,7-8,13H,2,5-6,9-12H2,1H3,(H,18,20,21). The maximum absolute atomic E-state index is 5.37. The maximum atomic E-state index is 5.37. The number of hydrogen-bond donors (Lipinski definition) is 1. The molecule has 1 aromatic carbocycles. The van der Waals surface area contributed by atoms with Crippen molar-refractivity contribution in [2.45, 2.75) is 25.7 Å². The molecule has 0 atom stereocenters. The van der Waals surface area contributed by atoms with Crippen molar-refractivity contribution >= 4 is 11.8 Å². The van der Waals surface area contributed by atoms with Crippen molar-refractivity contribution in [1.82, 2.24) is 15.2 Å². The SMILES string of the molecule is COc1ccccc1CCNc1nncc(N2CCCCC2)n1. The number of methoxy groups -OCH3 is 1. The second kappa shape index (κ2) is 7.76. The summed E-state index contributed by atoms with van der Waals surface area (Å²) in [6, 6.07) is 8.05. The van der Waals surface area contributed by atoms with Gasteiger partial charge in [-0.1, -0.05) is 18.2 Å². The van der Waals surface area contributed by atoms with Gasteiger partial charge in [0, 0.05) is 19.6 Å². The monoisotopic (exact) mass is 313 g/mol. The van der Waals surface area contributed by atoms with Crippen LogP contribution in [0.25, 0.3) is 0 Å². The van der Waals surface area contributed by atoms with Crippen molar-refractivity contribution in [3.05, 3.63) is 36.0 Å². The zero-order valence-electron chi connectivity index (χ0n) is 13.5. The Morgan fingerprint density at radius 3 is 2.83 bits per heavy atom. The molecule has 122 valence electrons. The van der Waals surface area contributed by atoms with Gasteiger partial charge in [0.15, 0.2) is 5.82 Å². The number of rotatable bonds is 6. The molecule has 6 heteroatoms. The van der Waals surface area contributed by atoms with Gasteiger partial charge in [-0.15, -0.1) is 5.10 Å². The minimum atomic E-state index is 0.586. The number of anilines is 2. The molecular formula is C17H23N5O. The predicted molar refractivity (Wildman–Crippen MR) is 91.1 cm³/mol. The van der Waals surface area contributed by atoms with E-state index in [9.17, 15) is 0 Å². The fourth-order valence-electron chi connectivity index (χ4n) is 2.86. The van der Waals surface area contributed by atoms with Crippen molar-refractivity contribution in [3.8, 4) is 5.75 Å². The van der Waals surface area contributed by atoms with E-state index in [1.807, 2.05) is 18.2 Å². The lowest BCUT2D eigenvalue weighted by Gasteiger charge is -2.27. The van der Waals surface area contributed by atoms with Crippen molar-refractivity contribution in [2.24, 2.45) is 0 Å². The molecular weight excluding hydrogens is 290 g/mol. The lowest BCUT2D eigenvalue weighted by Crippen LogP contribution is -2.30. The summed E-state index contributed by atoms with van der Waals surface area (Å²) in [7, 11) is 1.70. The van der Waals surface area contributed by atoms with Crippen molar-refractivity contribution in [1.29, 1.82) is 0 Å². The summed E-state index contributed by atoms with van der Waals surface area (Å²) in [4.78, 5) is 6.86. The van der Waals surface area contributed by atoms with Crippen LogP contribution in [0.5, 0.6) is 5.75 Å². The Hall–Kier alpha value is -2.37. The molecule has 1 N–H and O–H groups in total. The predicted octanol–water partition coefficient (Wildman–Crippen LogP) is 2.53. The molecule has 0 saturated carbocycles. The van der Waals surface area contributed by atoms with Gasteiger partial charge in [0.1, 0.15) is 5.75 Å².